The SMILES string of the molecule is COC(COCc1ccccc1)COc1ccc(C2CCN(C(=O)OC(C)(C)C)CC2OCc2ccc3ccccc3c2)cc1. The van der Waals surface area contributed by atoms with Crippen LogP contribution in [0.4, 0.5) is 4.79 Å². The molecule has 1 aliphatic rings. The Morgan fingerprint density at radius 2 is 1.58 bits per heavy atom. The summed E-state index contributed by atoms with van der Waals surface area (Å²) < 4.78 is 29.8. The van der Waals surface area contributed by atoms with Gasteiger partial charge in [0.15, 0.2) is 0 Å². The zero-order valence-electron chi connectivity index (χ0n) is 26.8. The number of piperidine rings is 1. The molecule has 7 nitrogen and oxygen atoms in total. The monoisotopic (exact) mass is 611 g/mol. The van der Waals surface area contributed by atoms with Crippen LogP contribution in [-0.2, 0) is 32.2 Å². The minimum absolute atomic E-state index is 0.122. The van der Waals surface area contributed by atoms with E-state index >= 15 is 0 Å². The lowest BCUT2D eigenvalue weighted by atomic mass is 9.87. The summed E-state index contributed by atoms with van der Waals surface area (Å²) in [5, 5.41) is 2.38. The third-order valence-electron chi connectivity index (χ3n) is 7.98. The molecule has 3 atom stereocenters. The number of hydrogen-bond donors (Lipinski definition) is 0. The van der Waals surface area contributed by atoms with E-state index in [-0.39, 0.29) is 24.2 Å². The molecule has 0 spiro atoms. The maximum absolute atomic E-state index is 13.0. The molecule has 1 saturated heterocycles. The predicted molar refractivity (Wildman–Crippen MR) is 177 cm³/mol. The van der Waals surface area contributed by atoms with Crippen LogP contribution < -0.4 is 4.74 Å². The van der Waals surface area contributed by atoms with Gasteiger partial charge in [-0.1, -0.05) is 78.9 Å². The highest BCUT2D eigenvalue weighted by molar-refractivity contribution is 5.82. The molecule has 1 fully saturated rings. The second-order valence-electron chi connectivity index (χ2n) is 12.6. The molecule has 45 heavy (non-hydrogen) atoms. The Balaban J connectivity index is 1.21. The van der Waals surface area contributed by atoms with Gasteiger partial charge in [0.2, 0.25) is 0 Å². The summed E-state index contributed by atoms with van der Waals surface area (Å²) >= 11 is 0. The van der Waals surface area contributed by atoms with Crippen molar-refractivity contribution in [2.75, 3.05) is 33.4 Å². The average molecular weight is 612 g/mol. The maximum atomic E-state index is 13.0. The second-order valence-corrected chi connectivity index (χ2v) is 12.6. The van der Waals surface area contributed by atoms with Gasteiger partial charge in [0.25, 0.3) is 0 Å². The number of benzene rings is 4. The van der Waals surface area contributed by atoms with Crippen LogP contribution in [0.15, 0.2) is 97.1 Å². The minimum Gasteiger partial charge on any atom is -0.491 e. The van der Waals surface area contributed by atoms with Crippen molar-refractivity contribution in [2.24, 2.45) is 0 Å². The topological polar surface area (TPSA) is 66.5 Å². The van der Waals surface area contributed by atoms with Crippen LogP contribution >= 0.6 is 0 Å². The number of amides is 1. The van der Waals surface area contributed by atoms with Gasteiger partial charge in [-0.15, -0.1) is 0 Å². The van der Waals surface area contributed by atoms with Gasteiger partial charge in [-0.25, -0.2) is 4.79 Å². The highest BCUT2D eigenvalue weighted by Crippen LogP contribution is 2.33. The third kappa shape index (κ3) is 9.54. The van der Waals surface area contributed by atoms with Crippen molar-refractivity contribution in [3.63, 3.8) is 0 Å². The summed E-state index contributed by atoms with van der Waals surface area (Å²) in [6, 6.07) is 33.0. The molecule has 0 aliphatic carbocycles. The van der Waals surface area contributed by atoms with Crippen LogP contribution in [0.25, 0.3) is 10.8 Å². The summed E-state index contributed by atoms with van der Waals surface area (Å²) in [4.78, 5) is 14.7. The van der Waals surface area contributed by atoms with E-state index < -0.39 is 5.60 Å². The Bertz CT molecular complexity index is 1500. The molecule has 0 bridgehead atoms. The first kappa shape index (κ1) is 32.5. The predicted octanol–water partition coefficient (Wildman–Crippen LogP) is 7.76. The van der Waals surface area contributed by atoms with Gasteiger partial charge in [-0.3, -0.25) is 0 Å². The van der Waals surface area contributed by atoms with E-state index in [0.717, 1.165) is 28.9 Å². The van der Waals surface area contributed by atoms with E-state index in [9.17, 15) is 4.79 Å². The Morgan fingerprint density at radius 3 is 2.31 bits per heavy atom. The van der Waals surface area contributed by atoms with E-state index in [0.29, 0.717) is 39.5 Å². The molecule has 1 amide bonds. The van der Waals surface area contributed by atoms with Gasteiger partial charge in [-0.2, -0.15) is 0 Å². The van der Waals surface area contributed by atoms with Gasteiger partial charge < -0.3 is 28.6 Å². The van der Waals surface area contributed by atoms with Crippen LogP contribution in [0.5, 0.6) is 5.75 Å². The summed E-state index contributed by atoms with van der Waals surface area (Å²) in [5.74, 6) is 0.889. The zero-order valence-corrected chi connectivity index (χ0v) is 26.8. The minimum atomic E-state index is -0.555. The van der Waals surface area contributed by atoms with Crippen LogP contribution in [0.3, 0.4) is 0 Å². The fraction of sp³-hybridized carbons (Fsp3) is 0.395. The number of hydrogen-bond acceptors (Lipinski definition) is 6. The number of likely N-dealkylation sites (tertiary alicyclic amines) is 1. The third-order valence-corrected chi connectivity index (χ3v) is 7.98. The highest BCUT2D eigenvalue weighted by Gasteiger charge is 2.35. The number of fused-ring (bicyclic) bond motifs is 1. The van der Waals surface area contributed by atoms with Crippen LogP contribution in [0, 0.1) is 0 Å². The Kier molecular flexibility index (Phi) is 11.1. The second kappa shape index (κ2) is 15.4. The number of carbonyl (C=O) groups is 1. The lowest BCUT2D eigenvalue weighted by Gasteiger charge is -2.39. The maximum Gasteiger partial charge on any atom is 0.410 e. The van der Waals surface area contributed by atoms with Crippen molar-refractivity contribution in [2.45, 2.75) is 64.1 Å². The Morgan fingerprint density at radius 1 is 0.844 bits per heavy atom. The molecule has 3 unspecified atom stereocenters. The number of carbonyl (C=O) groups excluding carboxylic acids is 1. The quantitative estimate of drug-likeness (QED) is 0.163. The molecule has 0 saturated carbocycles. The van der Waals surface area contributed by atoms with Gasteiger partial charge >= 0.3 is 6.09 Å². The molecule has 1 aliphatic heterocycles. The normalized spacial score (nSPS) is 17.6. The lowest BCUT2D eigenvalue weighted by Crippen LogP contribution is -2.48. The summed E-state index contributed by atoms with van der Waals surface area (Å²) in [6.07, 6.45) is 0.0961. The van der Waals surface area contributed by atoms with Crippen molar-refractivity contribution >= 4 is 16.9 Å². The molecule has 238 valence electrons. The highest BCUT2D eigenvalue weighted by atomic mass is 16.6. The van der Waals surface area contributed by atoms with Crippen LogP contribution in [0.2, 0.25) is 0 Å². The summed E-state index contributed by atoms with van der Waals surface area (Å²) in [6.45, 7) is 8.56. The Hall–Kier alpha value is -3.91. The van der Waals surface area contributed by atoms with Gasteiger partial charge in [0, 0.05) is 19.6 Å². The van der Waals surface area contributed by atoms with Gasteiger partial charge in [-0.05, 0) is 72.9 Å². The van der Waals surface area contributed by atoms with Crippen molar-refractivity contribution in [3.05, 3.63) is 114 Å². The molecule has 5 rings (SSSR count). The summed E-state index contributed by atoms with van der Waals surface area (Å²) in [7, 11) is 1.67. The molecule has 0 radical (unpaired) electrons. The first-order chi connectivity index (χ1) is 21.8. The van der Waals surface area contributed by atoms with E-state index in [1.165, 1.54) is 10.8 Å². The van der Waals surface area contributed by atoms with Crippen LogP contribution in [0.1, 0.15) is 49.8 Å². The number of nitrogens with zero attached hydrogens (tertiary/aromatic N) is 1. The smallest absolute Gasteiger partial charge is 0.410 e. The molecular weight excluding hydrogens is 566 g/mol. The first-order valence-corrected chi connectivity index (χ1v) is 15.7. The fourth-order valence-corrected chi connectivity index (χ4v) is 5.56. The fourth-order valence-electron chi connectivity index (χ4n) is 5.56. The van der Waals surface area contributed by atoms with Crippen molar-refractivity contribution in [1.29, 1.82) is 0 Å². The Labute approximate surface area is 267 Å². The molecular formula is C38H45NO6. The molecule has 1 heterocycles. The van der Waals surface area contributed by atoms with Crippen molar-refractivity contribution < 1.29 is 28.5 Å². The lowest BCUT2D eigenvalue weighted by molar-refractivity contribution is -0.0359. The van der Waals surface area contributed by atoms with Crippen molar-refractivity contribution in [3.8, 4) is 5.75 Å². The van der Waals surface area contributed by atoms with E-state index in [1.807, 2.05) is 75.4 Å². The van der Waals surface area contributed by atoms with E-state index in [4.69, 9.17) is 23.7 Å². The molecule has 4 aromatic carbocycles. The standard InChI is InChI=1S/C38H45NO6/c1-38(2,3)45-37(40)39-21-20-35(36(23-39)44-25-29-14-15-30-12-8-9-13-32(30)22-29)31-16-18-33(19-17-31)43-27-34(41-4)26-42-24-28-10-6-5-7-11-28/h5-19,22,34-36H,20-21,23-27H2,1-4H3. The van der Waals surface area contributed by atoms with E-state index in [1.54, 1.807) is 12.0 Å². The van der Waals surface area contributed by atoms with Crippen LogP contribution in [-0.4, -0.2) is 62.2 Å². The molecule has 4 aromatic rings. The number of methoxy groups -OCH3 is 1. The summed E-state index contributed by atoms with van der Waals surface area (Å²) in [5.41, 5.74) is 2.83. The van der Waals surface area contributed by atoms with E-state index in [2.05, 4.69) is 42.5 Å². The first-order valence-electron chi connectivity index (χ1n) is 15.7. The molecule has 7 heteroatoms. The zero-order chi connectivity index (χ0) is 31.6. The number of ether oxygens (including phenoxy) is 5. The van der Waals surface area contributed by atoms with Gasteiger partial charge in [0.1, 0.15) is 24.1 Å². The molecule has 0 N–H and O–H groups in total. The van der Waals surface area contributed by atoms with Gasteiger partial charge in [0.05, 0.1) is 32.5 Å². The largest absolute Gasteiger partial charge is 0.491 e. The average Bonchev–Trinajstić information content (AvgIpc) is 3.05. The number of rotatable bonds is 12. The molecule has 0 aromatic heterocycles. The van der Waals surface area contributed by atoms with Crippen molar-refractivity contribution in [1.82, 2.24) is 4.90 Å².